The van der Waals surface area contributed by atoms with Crippen molar-refractivity contribution in [3.05, 3.63) is 60.0 Å². The second-order valence-corrected chi connectivity index (χ2v) is 8.05. The van der Waals surface area contributed by atoms with E-state index in [0.29, 0.717) is 24.5 Å². The van der Waals surface area contributed by atoms with Gasteiger partial charge in [-0.3, -0.25) is 9.20 Å². The van der Waals surface area contributed by atoms with Gasteiger partial charge >= 0.3 is 0 Å². The highest BCUT2D eigenvalue weighted by molar-refractivity contribution is 5.94. The highest BCUT2D eigenvalue weighted by Crippen LogP contribution is 2.27. The molecule has 30 heavy (non-hydrogen) atoms. The third-order valence-corrected chi connectivity index (χ3v) is 5.95. The summed E-state index contributed by atoms with van der Waals surface area (Å²) >= 11 is 0. The van der Waals surface area contributed by atoms with Gasteiger partial charge in [-0.1, -0.05) is 12.1 Å². The molecule has 7 heteroatoms. The van der Waals surface area contributed by atoms with Gasteiger partial charge in [0.05, 0.1) is 6.10 Å². The predicted molar refractivity (Wildman–Crippen MR) is 112 cm³/mol. The molecule has 0 N–H and O–H groups in total. The van der Waals surface area contributed by atoms with Crippen molar-refractivity contribution >= 4 is 11.6 Å². The van der Waals surface area contributed by atoms with Gasteiger partial charge in [-0.05, 0) is 56.0 Å². The number of likely N-dealkylation sites (tertiary alicyclic amines) is 1. The Morgan fingerprint density at radius 1 is 1.13 bits per heavy atom. The molecule has 2 aromatic heterocycles. The van der Waals surface area contributed by atoms with Gasteiger partial charge in [0.2, 0.25) is 0 Å². The van der Waals surface area contributed by atoms with Gasteiger partial charge in [0.25, 0.3) is 5.91 Å². The molecule has 4 heterocycles. The summed E-state index contributed by atoms with van der Waals surface area (Å²) in [7, 11) is 0. The molecule has 0 bridgehead atoms. The van der Waals surface area contributed by atoms with Crippen LogP contribution in [0.1, 0.15) is 47.8 Å². The van der Waals surface area contributed by atoms with Crippen LogP contribution in [0.25, 0.3) is 5.65 Å². The van der Waals surface area contributed by atoms with Crippen LogP contribution >= 0.6 is 0 Å². The van der Waals surface area contributed by atoms with Crippen LogP contribution < -0.4 is 4.74 Å². The number of fused-ring (bicyclic) bond motifs is 1. The van der Waals surface area contributed by atoms with Crippen molar-refractivity contribution in [2.45, 2.75) is 37.7 Å². The summed E-state index contributed by atoms with van der Waals surface area (Å²) in [5.41, 5.74) is 1.50. The Morgan fingerprint density at radius 2 is 2.10 bits per heavy atom. The minimum Gasteiger partial charge on any atom is -0.491 e. The summed E-state index contributed by atoms with van der Waals surface area (Å²) in [5.74, 6) is 1.86. The Labute approximate surface area is 175 Å². The molecule has 2 aliphatic rings. The SMILES string of the molecule is O=C(c1cccc(OC[C@@H]2CCCO2)c1)N1CCC[C@H](c2nnc3ccccn23)C1. The van der Waals surface area contributed by atoms with Crippen LogP contribution in [0.5, 0.6) is 5.75 Å². The van der Waals surface area contributed by atoms with Crippen LogP contribution in [0.15, 0.2) is 48.7 Å². The largest absolute Gasteiger partial charge is 0.491 e. The number of piperidine rings is 1. The first-order chi connectivity index (χ1) is 14.8. The summed E-state index contributed by atoms with van der Waals surface area (Å²) in [4.78, 5) is 15.1. The first-order valence-corrected chi connectivity index (χ1v) is 10.7. The van der Waals surface area contributed by atoms with E-state index < -0.39 is 0 Å². The molecule has 2 saturated heterocycles. The minimum absolute atomic E-state index is 0.0380. The quantitative estimate of drug-likeness (QED) is 0.650. The minimum atomic E-state index is 0.0380. The molecule has 0 spiro atoms. The van der Waals surface area contributed by atoms with Crippen molar-refractivity contribution in [1.82, 2.24) is 19.5 Å². The maximum atomic E-state index is 13.2. The van der Waals surface area contributed by atoms with Gasteiger partial charge < -0.3 is 14.4 Å². The first-order valence-electron chi connectivity index (χ1n) is 10.7. The molecule has 3 aromatic rings. The van der Waals surface area contributed by atoms with Gasteiger partial charge in [0.15, 0.2) is 5.65 Å². The molecule has 0 radical (unpaired) electrons. The normalized spacial score (nSPS) is 21.8. The number of nitrogens with zero attached hydrogens (tertiary/aromatic N) is 4. The Morgan fingerprint density at radius 3 is 3.00 bits per heavy atom. The number of hydrogen-bond acceptors (Lipinski definition) is 5. The molecule has 0 aliphatic carbocycles. The van der Waals surface area contributed by atoms with Crippen LogP contribution in [0, 0.1) is 0 Å². The maximum Gasteiger partial charge on any atom is 0.254 e. The zero-order chi connectivity index (χ0) is 20.3. The number of amides is 1. The molecule has 5 rings (SSSR count). The summed E-state index contributed by atoms with van der Waals surface area (Å²) < 4.78 is 13.5. The molecule has 2 aliphatic heterocycles. The lowest BCUT2D eigenvalue weighted by Gasteiger charge is -2.32. The number of carbonyl (C=O) groups is 1. The monoisotopic (exact) mass is 406 g/mol. The van der Waals surface area contributed by atoms with E-state index in [9.17, 15) is 4.79 Å². The molecule has 2 fully saturated rings. The first kappa shape index (κ1) is 19.1. The smallest absolute Gasteiger partial charge is 0.254 e. The summed E-state index contributed by atoms with van der Waals surface area (Å²) in [6.45, 7) is 2.75. The van der Waals surface area contributed by atoms with Crippen molar-refractivity contribution in [1.29, 1.82) is 0 Å². The Kier molecular flexibility index (Phi) is 5.36. The fourth-order valence-electron chi connectivity index (χ4n) is 4.38. The summed E-state index contributed by atoms with van der Waals surface area (Å²) in [6, 6.07) is 13.4. The van der Waals surface area contributed by atoms with Gasteiger partial charge in [0.1, 0.15) is 18.2 Å². The van der Waals surface area contributed by atoms with Crippen molar-refractivity contribution in [2.75, 3.05) is 26.3 Å². The van der Waals surface area contributed by atoms with Gasteiger partial charge in [0, 0.05) is 37.4 Å². The predicted octanol–water partition coefficient (Wildman–Crippen LogP) is 3.31. The second kappa shape index (κ2) is 8.44. The van der Waals surface area contributed by atoms with E-state index in [0.717, 1.165) is 50.3 Å². The van der Waals surface area contributed by atoms with E-state index in [1.54, 1.807) is 0 Å². The zero-order valence-electron chi connectivity index (χ0n) is 16.9. The number of benzene rings is 1. The number of pyridine rings is 1. The average molecular weight is 406 g/mol. The molecular weight excluding hydrogens is 380 g/mol. The molecule has 2 atom stereocenters. The third-order valence-electron chi connectivity index (χ3n) is 5.95. The fourth-order valence-corrected chi connectivity index (χ4v) is 4.38. The fraction of sp³-hybridized carbons (Fsp3) is 0.435. The van der Waals surface area contributed by atoms with Crippen molar-refractivity contribution in [3.8, 4) is 5.75 Å². The van der Waals surface area contributed by atoms with Crippen LogP contribution in [-0.4, -0.2) is 57.8 Å². The lowest BCUT2D eigenvalue weighted by molar-refractivity contribution is 0.0673. The van der Waals surface area contributed by atoms with E-state index in [4.69, 9.17) is 9.47 Å². The number of rotatable bonds is 5. The second-order valence-electron chi connectivity index (χ2n) is 8.05. The number of aromatic nitrogens is 3. The van der Waals surface area contributed by atoms with Crippen molar-refractivity contribution < 1.29 is 14.3 Å². The number of hydrogen-bond donors (Lipinski definition) is 0. The third kappa shape index (κ3) is 3.89. The van der Waals surface area contributed by atoms with Gasteiger partial charge in [-0.15, -0.1) is 10.2 Å². The molecule has 1 aromatic carbocycles. The Hall–Kier alpha value is -2.93. The van der Waals surface area contributed by atoms with E-state index in [1.807, 2.05) is 58.0 Å². The standard InChI is InChI=1S/C23H26N4O3/c28-23(17-6-3-8-19(14-17)30-16-20-9-5-13-29-20)26-11-4-7-18(15-26)22-25-24-21-10-1-2-12-27(21)22/h1-3,6,8,10,12,14,18,20H,4-5,7,9,11,13,15-16H2/t18-,20-/m0/s1. The Balaban J connectivity index is 1.28. The van der Waals surface area contributed by atoms with Crippen LogP contribution in [0.4, 0.5) is 0 Å². The molecule has 0 unspecified atom stereocenters. The number of ether oxygens (including phenoxy) is 2. The van der Waals surface area contributed by atoms with E-state index >= 15 is 0 Å². The van der Waals surface area contributed by atoms with Crippen LogP contribution in [-0.2, 0) is 4.74 Å². The lowest BCUT2D eigenvalue weighted by Crippen LogP contribution is -2.39. The maximum absolute atomic E-state index is 13.2. The van der Waals surface area contributed by atoms with Crippen LogP contribution in [0.3, 0.4) is 0 Å². The average Bonchev–Trinajstić information content (AvgIpc) is 3.47. The molecule has 0 saturated carbocycles. The highest BCUT2D eigenvalue weighted by atomic mass is 16.5. The molecular formula is C23H26N4O3. The van der Waals surface area contributed by atoms with Crippen LogP contribution in [0.2, 0.25) is 0 Å². The molecule has 1 amide bonds. The van der Waals surface area contributed by atoms with Gasteiger partial charge in [-0.2, -0.15) is 0 Å². The number of carbonyl (C=O) groups excluding carboxylic acids is 1. The Bertz CT molecular complexity index is 1030. The topological polar surface area (TPSA) is 69.0 Å². The molecule has 156 valence electrons. The zero-order valence-corrected chi connectivity index (χ0v) is 16.9. The highest BCUT2D eigenvalue weighted by Gasteiger charge is 2.28. The van der Waals surface area contributed by atoms with Crippen molar-refractivity contribution in [3.63, 3.8) is 0 Å². The lowest BCUT2D eigenvalue weighted by atomic mass is 9.96. The van der Waals surface area contributed by atoms with Crippen molar-refractivity contribution in [2.24, 2.45) is 0 Å². The van der Waals surface area contributed by atoms with E-state index in [2.05, 4.69) is 10.2 Å². The summed E-state index contributed by atoms with van der Waals surface area (Å²) in [6.07, 6.45) is 6.22. The van der Waals surface area contributed by atoms with E-state index in [-0.39, 0.29) is 17.9 Å². The molecule has 7 nitrogen and oxygen atoms in total. The summed E-state index contributed by atoms with van der Waals surface area (Å²) in [5, 5.41) is 8.67. The van der Waals surface area contributed by atoms with E-state index in [1.165, 1.54) is 0 Å². The van der Waals surface area contributed by atoms with Gasteiger partial charge in [-0.25, -0.2) is 0 Å².